The van der Waals surface area contributed by atoms with Crippen molar-refractivity contribution in [1.29, 1.82) is 0 Å². The number of pyridine rings is 4. The average Bonchev–Trinajstić information content (AvgIpc) is 3.95. The molecule has 0 aromatic carbocycles. The van der Waals surface area contributed by atoms with Crippen LogP contribution in [0.5, 0.6) is 0 Å². The Morgan fingerprint density at radius 3 is 1.59 bits per heavy atom. The number of aromatic nitrogens is 8. The van der Waals surface area contributed by atoms with Crippen LogP contribution in [0.4, 0.5) is 0 Å². The quantitative estimate of drug-likeness (QED) is 0.188. The van der Waals surface area contributed by atoms with Gasteiger partial charge in [-0.05, 0) is 103 Å². The molecule has 1 N–H and O–H groups in total. The maximum Gasteiger partial charge on any atom is 0.137 e. The fourth-order valence-corrected chi connectivity index (χ4v) is 6.31. The van der Waals surface area contributed by atoms with Crippen molar-refractivity contribution >= 4 is 46.4 Å². The topological polar surface area (TPSA) is 98.1 Å². The minimum absolute atomic E-state index is 0. The van der Waals surface area contributed by atoms with E-state index >= 15 is 0 Å². The number of nitrogens with zero attached hydrogens (tertiary/aromatic N) is 7. The van der Waals surface area contributed by atoms with E-state index in [-0.39, 0.29) is 17.1 Å². The van der Waals surface area contributed by atoms with Gasteiger partial charge in [-0.25, -0.2) is 15.0 Å². The molecule has 2 aliphatic heterocycles. The predicted octanol–water partition coefficient (Wildman–Crippen LogP) is 8.70. The first-order chi connectivity index (χ1) is 23.8. The molecule has 9 rings (SSSR count). The summed E-state index contributed by atoms with van der Waals surface area (Å²) >= 11 is 0. The summed E-state index contributed by atoms with van der Waals surface area (Å²) in [6.07, 6.45) is 15.4. The van der Waals surface area contributed by atoms with Crippen molar-refractivity contribution < 1.29 is 17.1 Å². The van der Waals surface area contributed by atoms with Gasteiger partial charge in [-0.3, -0.25) is 19.5 Å². The predicted molar refractivity (Wildman–Crippen MR) is 191 cm³/mol. The van der Waals surface area contributed by atoms with Crippen LogP contribution in [0.15, 0.2) is 128 Å². The molecule has 0 amide bonds. The van der Waals surface area contributed by atoms with Crippen LogP contribution in [0.25, 0.3) is 86.0 Å². The van der Waals surface area contributed by atoms with Gasteiger partial charge in [0.2, 0.25) is 0 Å². The van der Waals surface area contributed by atoms with E-state index in [1.807, 2.05) is 140 Å². The second-order valence-corrected chi connectivity index (χ2v) is 11.4. The number of aromatic amines is 1. The Morgan fingerprint density at radius 1 is 0.469 bits per heavy atom. The molecule has 234 valence electrons. The van der Waals surface area contributed by atoms with Gasteiger partial charge in [0.25, 0.3) is 0 Å². The molecule has 7 aromatic heterocycles. The van der Waals surface area contributed by atoms with Gasteiger partial charge < -0.3 is 4.98 Å². The SMILES string of the molecule is C1=Cc2cc3c(-c4ccccn4)c(-c4ccccn4)c(c(-c4ccccn4)c4nc(cc5ccc(cc1n2)[nH]5)C=C4)n3-c1ccccn1.[Fe]. The first-order valence-electron chi connectivity index (χ1n) is 15.6. The fourth-order valence-electron chi connectivity index (χ4n) is 6.31. The second kappa shape index (κ2) is 12.7. The van der Waals surface area contributed by atoms with Crippen LogP contribution in [-0.4, -0.2) is 39.5 Å². The zero-order chi connectivity index (χ0) is 31.9. The summed E-state index contributed by atoms with van der Waals surface area (Å²) in [4.78, 5) is 33.3. The van der Waals surface area contributed by atoms with Crippen molar-refractivity contribution in [2.45, 2.75) is 0 Å². The van der Waals surface area contributed by atoms with E-state index in [1.54, 1.807) is 0 Å². The van der Waals surface area contributed by atoms with E-state index in [1.165, 1.54) is 0 Å². The Bertz CT molecular complexity index is 2540. The minimum Gasteiger partial charge on any atom is -0.355 e. The van der Waals surface area contributed by atoms with E-state index in [0.29, 0.717) is 0 Å². The van der Waals surface area contributed by atoms with Gasteiger partial charge in [-0.2, -0.15) is 0 Å². The van der Waals surface area contributed by atoms with Crippen molar-refractivity contribution in [3.05, 3.63) is 151 Å². The molecule has 2 aliphatic rings. The molecule has 49 heavy (non-hydrogen) atoms. The summed E-state index contributed by atoms with van der Waals surface area (Å²) in [5.41, 5.74) is 11.8. The van der Waals surface area contributed by atoms with E-state index in [2.05, 4.69) is 21.7 Å². The van der Waals surface area contributed by atoms with Gasteiger partial charge in [-0.1, -0.05) is 24.3 Å². The fraction of sp³-hybridized carbons (Fsp3) is 0. The van der Waals surface area contributed by atoms with Crippen LogP contribution in [0.1, 0.15) is 22.8 Å². The number of fused-ring (bicyclic) bond motifs is 8. The van der Waals surface area contributed by atoms with E-state index in [4.69, 9.17) is 29.9 Å². The molecule has 8 bridgehead atoms. The monoisotopic (exact) mass is 674 g/mol. The second-order valence-electron chi connectivity index (χ2n) is 11.4. The van der Waals surface area contributed by atoms with Crippen LogP contribution in [0.3, 0.4) is 0 Å². The Hall–Kier alpha value is -6.28. The molecular weight excluding hydrogens is 648 g/mol. The number of H-pyrrole nitrogens is 1. The van der Waals surface area contributed by atoms with E-state index < -0.39 is 0 Å². The van der Waals surface area contributed by atoms with E-state index in [0.717, 1.165) is 84.4 Å². The normalized spacial score (nSPS) is 11.8. The van der Waals surface area contributed by atoms with E-state index in [9.17, 15) is 0 Å². The third kappa shape index (κ3) is 5.57. The molecule has 7 aromatic rings. The molecule has 0 spiro atoms. The Labute approximate surface area is 292 Å². The van der Waals surface area contributed by atoms with Crippen molar-refractivity contribution in [1.82, 2.24) is 39.5 Å². The van der Waals surface area contributed by atoms with Gasteiger partial charge in [0.15, 0.2) is 0 Å². The summed E-state index contributed by atoms with van der Waals surface area (Å²) in [5.74, 6) is 0.724. The number of nitrogens with one attached hydrogen (secondary N) is 1. The molecule has 0 unspecified atom stereocenters. The molecule has 9 heterocycles. The maximum atomic E-state index is 5.19. The van der Waals surface area contributed by atoms with Crippen LogP contribution in [-0.2, 0) is 17.1 Å². The van der Waals surface area contributed by atoms with Crippen LogP contribution >= 0.6 is 0 Å². The first kappa shape index (κ1) is 30.1. The minimum atomic E-state index is 0. The summed E-state index contributed by atoms with van der Waals surface area (Å²) in [6.45, 7) is 0. The molecule has 9 heteroatoms. The van der Waals surface area contributed by atoms with Gasteiger partial charge in [0, 0.05) is 64.0 Å². The summed E-state index contributed by atoms with van der Waals surface area (Å²) in [7, 11) is 0. The third-order valence-corrected chi connectivity index (χ3v) is 8.31. The molecule has 0 fully saturated rings. The summed E-state index contributed by atoms with van der Waals surface area (Å²) in [5, 5.41) is 0. The van der Waals surface area contributed by atoms with Gasteiger partial charge >= 0.3 is 0 Å². The Kier molecular flexibility index (Phi) is 7.81. The molecule has 8 nitrogen and oxygen atoms in total. The van der Waals surface area contributed by atoms with Crippen LogP contribution in [0, 0.1) is 0 Å². The van der Waals surface area contributed by atoms with Crippen molar-refractivity contribution in [2.24, 2.45) is 0 Å². The van der Waals surface area contributed by atoms with Crippen molar-refractivity contribution in [3.8, 4) is 39.6 Å². The standard InChI is InChI=1S/C40H26N8.Fe/c1-5-19-41-31(9-1)37-34-18-17-29(47-34)24-28-14-13-26(45-28)23-27-15-16-30(46-27)25-35-38(32-10-2-6-20-42-32)39(33-11-3-7-21-43-33)40(37)48(35)36-12-4-8-22-44-36;/h1-25,45H;. The molecular formula is C40H26FeN8. The summed E-state index contributed by atoms with van der Waals surface area (Å²) in [6, 6.07) is 34.1. The zero-order valence-corrected chi connectivity index (χ0v) is 27.0. The van der Waals surface area contributed by atoms with Gasteiger partial charge in [0.05, 0.1) is 56.5 Å². The summed E-state index contributed by atoms with van der Waals surface area (Å²) < 4.78 is 2.18. The average molecular weight is 675 g/mol. The van der Waals surface area contributed by atoms with Crippen molar-refractivity contribution in [3.63, 3.8) is 0 Å². The molecule has 0 aliphatic carbocycles. The maximum absolute atomic E-state index is 5.19. The van der Waals surface area contributed by atoms with Crippen LogP contribution in [0.2, 0.25) is 0 Å². The number of hydrogen-bond acceptors (Lipinski definition) is 6. The Morgan fingerprint density at radius 2 is 1.00 bits per heavy atom. The van der Waals surface area contributed by atoms with Gasteiger partial charge in [0.1, 0.15) is 5.82 Å². The third-order valence-electron chi connectivity index (χ3n) is 8.31. The number of hydrogen-bond donors (Lipinski definition) is 1. The first-order valence-corrected chi connectivity index (χ1v) is 15.6. The van der Waals surface area contributed by atoms with Crippen molar-refractivity contribution in [2.75, 3.05) is 0 Å². The molecule has 0 saturated carbocycles. The molecule has 0 atom stereocenters. The smallest absolute Gasteiger partial charge is 0.137 e. The van der Waals surface area contributed by atoms with Gasteiger partial charge in [-0.15, -0.1) is 0 Å². The number of rotatable bonds is 4. The largest absolute Gasteiger partial charge is 0.355 e. The van der Waals surface area contributed by atoms with Crippen LogP contribution < -0.4 is 0 Å². The zero-order valence-electron chi connectivity index (χ0n) is 25.9. The molecule has 0 saturated heterocycles. The molecule has 0 radical (unpaired) electrons. The Balaban J connectivity index is 0.00000348.